The molecule has 0 bridgehead atoms. The second-order valence-electron chi connectivity index (χ2n) is 4.59. The molecule has 0 saturated heterocycles. The van der Waals surface area contributed by atoms with Crippen LogP contribution in [0.25, 0.3) is 6.08 Å². The molecule has 3 heteroatoms. The lowest BCUT2D eigenvalue weighted by Crippen LogP contribution is -1.88. The highest BCUT2D eigenvalue weighted by Crippen LogP contribution is 2.24. The molecule has 0 amide bonds. The van der Waals surface area contributed by atoms with Crippen LogP contribution in [0.5, 0.6) is 11.5 Å². The Morgan fingerprint density at radius 1 is 1.00 bits per heavy atom. The zero-order valence-corrected chi connectivity index (χ0v) is 11.5. The van der Waals surface area contributed by atoms with E-state index in [0.717, 1.165) is 23.1 Å². The molecule has 2 aromatic rings. The molecule has 0 spiro atoms. The summed E-state index contributed by atoms with van der Waals surface area (Å²) in [4.78, 5) is 10.4. The van der Waals surface area contributed by atoms with Gasteiger partial charge in [-0.3, -0.25) is 0 Å². The topological polar surface area (TPSA) is 46.5 Å². The maximum absolute atomic E-state index is 10.4. The molecule has 2 aromatic carbocycles. The summed E-state index contributed by atoms with van der Waals surface area (Å²) in [7, 11) is 0. The third-order valence-electron chi connectivity index (χ3n) is 3.01. The van der Waals surface area contributed by atoms with Crippen molar-refractivity contribution >= 4 is 12.0 Å². The molecule has 102 valence electrons. The SMILES string of the molecule is Cc1ccc(Oc2ccc(/C=C/C(=O)O)cc2)cc1C. The molecule has 0 aromatic heterocycles. The van der Waals surface area contributed by atoms with Gasteiger partial charge in [0.05, 0.1) is 0 Å². The Morgan fingerprint density at radius 2 is 1.65 bits per heavy atom. The van der Waals surface area contributed by atoms with E-state index in [1.54, 1.807) is 6.08 Å². The van der Waals surface area contributed by atoms with Crippen molar-refractivity contribution in [3.8, 4) is 11.5 Å². The lowest BCUT2D eigenvalue weighted by atomic mass is 10.1. The van der Waals surface area contributed by atoms with Gasteiger partial charge in [-0.15, -0.1) is 0 Å². The Bertz CT molecular complexity index is 640. The maximum atomic E-state index is 10.4. The number of carboxylic acid groups (broad SMARTS) is 1. The van der Waals surface area contributed by atoms with Gasteiger partial charge in [-0.2, -0.15) is 0 Å². The summed E-state index contributed by atoms with van der Waals surface area (Å²) in [6.07, 6.45) is 2.65. The van der Waals surface area contributed by atoms with Gasteiger partial charge in [-0.1, -0.05) is 18.2 Å². The Morgan fingerprint density at radius 3 is 2.25 bits per heavy atom. The summed E-state index contributed by atoms with van der Waals surface area (Å²) < 4.78 is 5.75. The Labute approximate surface area is 118 Å². The Kier molecular flexibility index (Phi) is 4.20. The highest BCUT2D eigenvalue weighted by molar-refractivity contribution is 5.85. The van der Waals surface area contributed by atoms with Gasteiger partial charge in [0.2, 0.25) is 0 Å². The molecule has 0 fully saturated rings. The Balaban J connectivity index is 2.10. The standard InChI is InChI=1S/C17H16O3/c1-12-3-7-16(11-13(12)2)20-15-8-4-14(5-9-15)6-10-17(18)19/h3-11H,1-2H3,(H,18,19)/b10-6+. The average molecular weight is 268 g/mol. The van der Waals surface area contributed by atoms with Crippen molar-refractivity contribution in [1.29, 1.82) is 0 Å². The molecule has 0 saturated carbocycles. The average Bonchev–Trinajstić information content (AvgIpc) is 2.42. The molecule has 0 radical (unpaired) electrons. The summed E-state index contributed by atoms with van der Waals surface area (Å²) in [5.41, 5.74) is 3.23. The van der Waals surface area contributed by atoms with E-state index in [4.69, 9.17) is 9.84 Å². The summed E-state index contributed by atoms with van der Waals surface area (Å²) >= 11 is 0. The number of hydrogen-bond acceptors (Lipinski definition) is 2. The number of hydrogen-bond donors (Lipinski definition) is 1. The van der Waals surface area contributed by atoms with E-state index in [-0.39, 0.29) is 0 Å². The van der Waals surface area contributed by atoms with Crippen LogP contribution in [0, 0.1) is 13.8 Å². The normalized spacial score (nSPS) is 10.7. The summed E-state index contributed by atoms with van der Waals surface area (Å²) in [6.45, 7) is 4.10. The van der Waals surface area contributed by atoms with Gasteiger partial charge < -0.3 is 9.84 Å². The van der Waals surface area contributed by atoms with Crippen LogP contribution < -0.4 is 4.74 Å². The molecule has 0 aliphatic heterocycles. The quantitative estimate of drug-likeness (QED) is 0.845. The molecule has 1 N–H and O–H groups in total. The van der Waals surface area contributed by atoms with Crippen LogP contribution in [0.4, 0.5) is 0 Å². The van der Waals surface area contributed by atoms with Gasteiger partial charge in [0.15, 0.2) is 0 Å². The van der Waals surface area contributed by atoms with Gasteiger partial charge in [-0.25, -0.2) is 4.79 Å². The lowest BCUT2D eigenvalue weighted by Gasteiger charge is -2.08. The number of aryl methyl sites for hydroxylation is 2. The van der Waals surface area contributed by atoms with Crippen molar-refractivity contribution in [2.24, 2.45) is 0 Å². The lowest BCUT2D eigenvalue weighted by molar-refractivity contribution is -0.131. The fourth-order valence-corrected chi connectivity index (χ4v) is 1.73. The molecule has 0 unspecified atom stereocenters. The Hall–Kier alpha value is -2.55. The van der Waals surface area contributed by atoms with Gasteiger partial charge >= 0.3 is 5.97 Å². The second kappa shape index (κ2) is 6.06. The van der Waals surface area contributed by atoms with Gasteiger partial charge in [0, 0.05) is 6.08 Å². The molecule has 2 rings (SSSR count). The zero-order chi connectivity index (χ0) is 14.5. The van der Waals surface area contributed by atoms with E-state index in [1.165, 1.54) is 11.1 Å². The van der Waals surface area contributed by atoms with Crippen molar-refractivity contribution in [2.75, 3.05) is 0 Å². The van der Waals surface area contributed by atoms with E-state index in [1.807, 2.05) is 49.4 Å². The van der Waals surface area contributed by atoms with Gasteiger partial charge in [0.25, 0.3) is 0 Å². The minimum absolute atomic E-state index is 0.723. The highest BCUT2D eigenvalue weighted by Gasteiger charge is 1.99. The number of carboxylic acids is 1. The number of carbonyl (C=O) groups is 1. The van der Waals surface area contributed by atoms with E-state index < -0.39 is 5.97 Å². The first-order valence-electron chi connectivity index (χ1n) is 6.31. The van der Waals surface area contributed by atoms with Crippen LogP contribution in [0.1, 0.15) is 16.7 Å². The van der Waals surface area contributed by atoms with E-state index >= 15 is 0 Å². The number of benzene rings is 2. The fourth-order valence-electron chi connectivity index (χ4n) is 1.73. The minimum Gasteiger partial charge on any atom is -0.478 e. The molecule has 3 nitrogen and oxygen atoms in total. The summed E-state index contributed by atoms with van der Waals surface area (Å²) in [6, 6.07) is 13.2. The van der Waals surface area contributed by atoms with Crippen LogP contribution >= 0.6 is 0 Å². The highest BCUT2D eigenvalue weighted by atomic mass is 16.5. The molecule has 0 heterocycles. The van der Waals surface area contributed by atoms with Crippen molar-refractivity contribution in [3.05, 3.63) is 65.2 Å². The third-order valence-corrected chi connectivity index (χ3v) is 3.01. The molecule has 0 atom stereocenters. The number of aliphatic carboxylic acids is 1. The van der Waals surface area contributed by atoms with Crippen molar-refractivity contribution in [3.63, 3.8) is 0 Å². The number of rotatable bonds is 4. The molecule has 0 aliphatic carbocycles. The van der Waals surface area contributed by atoms with Crippen molar-refractivity contribution < 1.29 is 14.6 Å². The van der Waals surface area contributed by atoms with Crippen LogP contribution in [0.15, 0.2) is 48.5 Å². The molecular formula is C17H16O3. The molecule has 20 heavy (non-hydrogen) atoms. The van der Waals surface area contributed by atoms with Crippen LogP contribution in [-0.4, -0.2) is 11.1 Å². The molecular weight excluding hydrogens is 252 g/mol. The third kappa shape index (κ3) is 3.72. The first-order chi connectivity index (χ1) is 9.54. The van der Waals surface area contributed by atoms with Crippen LogP contribution in [-0.2, 0) is 4.79 Å². The van der Waals surface area contributed by atoms with Crippen LogP contribution in [0.2, 0.25) is 0 Å². The first-order valence-corrected chi connectivity index (χ1v) is 6.31. The van der Waals surface area contributed by atoms with E-state index in [0.29, 0.717) is 0 Å². The van der Waals surface area contributed by atoms with Gasteiger partial charge in [0.1, 0.15) is 11.5 Å². The van der Waals surface area contributed by atoms with E-state index in [2.05, 4.69) is 6.92 Å². The largest absolute Gasteiger partial charge is 0.478 e. The van der Waals surface area contributed by atoms with Crippen molar-refractivity contribution in [2.45, 2.75) is 13.8 Å². The smallest absolute Gasteiger partial charge is 0.328 e. The predicted molar refractivity (Wildman–Crippen MR) is 79.1 cm³/mol. The fraction of sp³-hybridized carbons (Fsp3) is 0.118. The van der Waals surface area contributed by atoms with Gasteiger partial charge in [-0.05, 0) is 60.9 Å². The van der Waals surface area contributed by atoms with Crippen LogP contribution in [0.3, 0.4) is 0 Å². The predicted octanol–water partition coefficient (Wildman–Crippen LogP) is 4.19. The number of ether oxygens (including phenoxy) is 1. The summed E-state index contributed by atoms with van der Waals surface area (Å²) in [5.74, 6) is 0.558. The first kappa shape index (κ1) is 13.9. The zero-order valence-electron chi connectivity index (χ0n) is 11.5. The van der Waals surface area contributed by atoms with Crippen molar-refractivity contribution in [1.82, 2.24) is 0 Å². The summed E-state index contributed by atoms with van der Waals surface area (Å²) in [5, 5.41) is 8.56. The minimum atomic E-state index is -0.958. The second-order valence-corrected chi connectivity index (χ2v) is 4.59. The monoisotopic (exact) mass is 268 g/mol. The molecule has 0 aliphatic rings. The maximum Gasteiger partial charge on any atom is 0.328 e. The van der Waals surface area contributed by atoms with E-state index in [9.17, 15) is 4.79 Å².